The number of anilines is 1. The fraction of sp³-hybridized carbons (Fsp3) is 0.0667. The zero-order valence-corrected chi connectivity index (χ0v) is 12.9. The Labute approximate surface area is 136 Å². The van der Waals surface area contributed by atoms with Gasteiger partial charge in [0, 0.05) is 10.6 Å². The Bertz CT molecular complexity index is 724. The second-order valence-electron chi connectivity index (χ2n) is 4.24. The van der Waals surface area contributed by atoms with Gasteiger partial charge in [0.05, 0.1) is 18.9 Å². The minimum atomic E-state index is -0.894. The molecular weight excluding hydrogens is 318 g/mol. The van der Waals surface area contributed by atoms with Crippen LogP contribution in [0.4, 0.5) is 5.69 Å². The van der Waals surface area contributed by atoms with Crippen LogP contribution in [0.15, 0.2) is 46.9 Å². The molecule has 0 saturated carbocycles. The van der Waals surface area contributed by atoms with E-state index in [1.54, 1.807) is 0 Å². The Hall–Kier alpha value is -3.00. The van der Waals surface area contributed by atoms with Crippen LogP contribution in [0.25, 0.3) is 0 Å². The van der Waals surface area contributed by atoms with Gasteiger partial charge in [-0.25, -0.2) is 10.2 Å². The third-order valence-corrected chi connectivity index (χ3v) is 3.48. The molecule has 0 aliphatic carbocycles. The number of benzene rings is 1. The number of nitrogens with one attached hydrogen (secondary N) is 2. The molecule has 0 aliphatic heterocycles. The van der Waals surface area contributed by atoms with Crippen LogP contribution in [0.1, 0.15) is 15.2 Å². The van der Waals surface area contributed by atoms with Gasteiger partial charge in [-0.1, -0.05) is 6.07 Å². The summed E-state index contributed by atoms with van der Waals surface area (Å²) in [5.74, 6) is -2.24. The highest BCUT2D eigenvalue weighted by Crippen LogP contribution is 2.10. The number of hydrazone groups is 1. The van der Waals surface area contributed by atoms with E-state index in [0.717, 1.165) is 4.88 Å². The standard InChI is InChI=1S/C15H13N3O4S/c1-22-15(21)10-4-6-11(7-5-10)17-13(19)14(20)18-16-9-12-3-2-8-23-12/h2-9H,1H3,(H,17,19)(H,18,20)/b16-9-. The van der Waals surface area contributed by atoms with Crippen LogP contribution in [0.2, 0.25) is 0 Å². The number of thiophene rings is 1. The quantitative estimate of drug-likeness (QED) is 0.385. The Balaban J connectivity index is 1.88. The van der Waals surface area contributed by atoms with Gasteiger partial charge >= 0.3 is 17.8 Å². The van der Waals surface area contributed by atoms with E-state index >= 15 is 0 Å². The molecule has 2 amide bonds. The van der Waals surface area contributed by atoms with Crippen molar-refractivity contribution in [2.24, 2.45) is 5.10 Å². The molecule has 0 unspecified atom stereocenters. The second-order valence-corrected chi connectivity index (χ2v) is 5.22. The molecule has 2 N–H and O–H groups in total. The highest BCUT2D eigenvalue weighted by atomic mass is 32.1. The number of methoxy groups -OCH3 is 1. The molecule has 1 aromatic heterocycles. The molecule has 23 heavy (non-hydrogen) atoms. The maximum atomic E-state index is 11.7. The smallest absolute Gasteiger partial charge is 0.337 e. The van der Waals surface area contributed by atoms with Crippen LogP contribution in [-0.4, -0.2) is 31.1 Å². The fourth-order valence-electron chi connectivity index (χ4n) is 1.57. The zero-order chi connectivity index (χ0) is 16.7. The molecule has 0 atom stereocenters. The summed E-state index contributed by atoms with van der Waals surface area (Å²) < 4.78 is 4.56. The number of amides is 2. The first-order valence-electron chi connectivity index (χ1n) is 6.46. The van der Waals surface area contributed by atoms with Crippen LogP contribution < -0.4 is 10.7 Å². The summed E-state index contributed by atoms with van der Waals surface area (Å²) in [6.45, 7) is 0. The van der Waals surface area contributed by atoms with Crippen molar-refractivity contribution in [3.05, 3.63) is 52.2 Å². The van der Waals surface area contributed by atoms with E-state index in [1.165, 1.54) is 48.9 Å². The van der Waals surface area contributed by atoms with Gasteiger partial charge in [0.1, 0.15) is 0 Å². The van der Waals surface area contributed by atoms with Gasteiger partial charge < -0.3 is 10.1 Å². The lowest BCUT2D eigenvalue weighted by molar-refractivity contribution is -0.136. The van der Waals surface area contributed by atoms with Crippen molar-refractivity contribution in [3.8, 4) is 0 Å². The van der Waals surface area contributed by atoms with Crippen molar-refractivity contribution in [2.45, 2.75) is 0 Å². The van der Waals surface area contributed by atoms with E-state index in [4.69, 9.17) is 0 Å². The highest BCUT2D eigenvalue weighted by molar-refractivity contribution is 7.11. The minimum absolute atomic E-state index is 0.343. The number of hydrogen-bond donors (Lipinski definition) is 2. The van der Waals surface area contributed by atoms with Crippen molar-refractivity contribution < 1.29 is 19.1 Å². The van der Waals surface area contributed by atoms with Crippen molar-refractivity contribution in [1.29, 1.82) is 0 Å². The lowest BCUT2D eigenvalue weighted by Crippen LogP contribution is -2.32. The lowest BCUT2D eigenvalue weighted by Gasteiger charge is -2.04. The molecular formula is C15H13N3O4S. The molecule has 0 saturated heterocycles. The van der Waals surface area contributed by atoms with E-state index < -0.39 is 17.8 Å². The molecule has 0 spiro atoms. The Morgan fingerprint density at radius 2 is 1.87 bits per heavy atom. The van der Waals surface area contributed by atoms with Crippen LogP contribution >= 0.6 is 11.3 Å². The molecule has 0 radical (unpaired) electrons. The van der Waals surface area contributed by atoms with Gasteiger partial charge in [-0.15, -0.1) is 11.3 Å². The predicted molar refractivity (Wildman–Crippen MR) is 86.5 cm³/mol. The first-order chi connectivity index (χ1) is 11.1. The molecule has 1 aromatic carbocycles. The first-order valence-corrected chi connectivity index (χ1v) is 7.34. The predicted octanol–water partition coefficient (Wildman–Crippen LogP) is 1.62. The minimum Gasteiger partial charge on any atom is -0.465 e. The van der Waals surface area contributed by atoms with E-state index in [1.807, 2.05) is 17.5 Å². The number of ether oxygens (including phenoxy) is 1. The number of nitrogens with zero attached hydrogens (tertiary/aromatic N) is 1. The Morgan fingerprint density at radius 1 is 1.13 bits per heavy atom. The van der Waals surface area contributed by atoms with E-state index in [9.17, 15) is 14.4 Å². The Kier molecular flexibility index (Phi) is 5.59. The molecule has 0 bridgehead atoms. The second kappa shape index (κ2) is 7.85. The molecule has 2 aromatic rings. The van der Waals surface area contributed by atoms with Crippen LogP contribution in [0.3, 0.4) is 0 Å². The van der Waals surface area contributed by atoms with E-state index in [2.05, 4.69) is 20.6 Å². The maximum absolute atomic E-state index is 11.7. The Morgan fingerprint density at radius 3 is 2.48 bits per heavy atom. The summed E-state index contributed by atoms with van der Waals surface area (Å²) >= 11 is 1.45. The summed E-state index contributed by atoms with van der Waals surface area (Å²) in [4.78, 5) is 35.4. The number of hydrogen-bond acceptors (Lipinski definition) is 6. The third kappa shape index (κ3) is 4.75. The summed E-state index contributed by atoms with van der Waals surface area (Å²) in [6.07, 6.45) is 1.45. The normalized spacial score (nSPS) is 10.3. The monoisotopic (exact) mass is 331 g/mol. The van der Waals surface area contributed by atoms with Crippen LogP contribution in [0.5, 0.6) is 0 Å². The third-order valence-electron chi connectivity index (χ3n) is 2.67. The van der Waals surface area contributed by atoms with E-state index in [-0.39, 0.29) is 0 Å². The van der Waals surface area contributed by atoms with Gasteiger partial charge in [0.25, 0.3) is 0 Å². The maximum Gasteiger partial charge on any atom is 0.337 e. The zero-order valence-electron chi connectivity index (χ0n) is 12.1. The van der Waals surface area contributed by atoms with Crippen molar-refractivity contribution in [2.75, 3.05) is 12.4 Å². The number of esters is 1. The van der Waals surface area contributed by atoms with Gasteiger partial charge in [-0.05, 0) is 35.7 Å². The average Bonchev–Trinajstić information content (AvgIpc) is 3.08. The molecule has 2 rings (SSSR count). The topological polar surface area (TPSA) is 96.9 Å². The van der Waals surface area contributed by atoms with Crippen LogP contribution in [0, 0.1) is 0 Å². The number of carbonyl (C=O) groups excluding carboxylic acids is 3. The van der Waals surface area contributed by atoms with Gasteiger partial charge in [-0.2, -0.15) is 5.10 Å². The largest absolute Gasteiger partial charge is 0.465 e. The SMILES string of the molecule is COC(=O)c1ccc(NC(=O)C(=O)N/N=C\c2cccs2)cc1. The average molecular weight is 331 g/mol. The summed E-state index contributed by atoms with van der Waals surface area (Å²) in [6, 6.07) is 9.61. The highest BCUT2D eigenvalue weighted by Gasteiger charge is 2.13. The number of rotatable bonds is 4. The molecule has 118 valence electrons. The van der Waals surface area contributed by atoms with Gasteiger partial charge in [-0.3, -0.25) is 9.59 Å². The fourth-order valence-corrected chi connectivity index (χ4v) is 2.15. The van der Waals surface area contributed by atoms with Crippen molar-refractivity contribution in [1.82, 2.24) is 5.43 Å². The molecule has 0 aliphatic rings. The van der Waals surface area contributed by atoms with Gasteiger partial charge in [0.15, 0.2) is 0 Å². The van der Waals surface area contributed by atoms with Gasteiger partial charge in [0.2, 0.25) is 0 Å². The summed E-state index contributed by atoms with van der Waals surface area (Å²) in [5.41, 5.74) is 2.85. The summed E-state index contributed by atoms with van der Waals surface area (Å²) in [5, 5.41) is 7.95. The molecule has 8 heteroatoms. The number of carbonyl (C=O) groups is 3. The van der Waals surface area contributed by atoms with Crippen LogP contribution in [-0.2, 0) is 14.3 Å². The summed E-state index contributed by atoms with van der Waals surface area (Å²) in [7, 11) is 1.28. The first kappa shape index (κ1) is 16.4. The molecule has 7 nitrogen and oxygen atoms in total. The molecule has 1 heterocycles. The van der Waals surface area contributed by atoms with Crippen molar-refractivity contribution >= 4 is 41.0 Å². The lowest BCUT2D eigenvalue weighted by atomic mass is 10.2. The molecule has 0 fully saturated rings. The van der Waals surface area contributed by atoms with E-state index in [0.29, 0.717) is 11.3 Å². The van der Waals surface area contributed by atoms with Crippen molar-refractivity contribution in [3.63, 3.8) is 0 Å².